The van der Waals surface area contributed by atoms with E-state index < -0.39 is 0 Å². The number of fused-ring (bicyclic) bond motifs is 6. The Labute approximate surface area is 295 Å². The minimum Gasteiger partial charge on any atom is -0.309 e. The van der Waals surface area contributed by atoms with Gasteiger partial charge in [-0.15, -0.1) is 11.3 Å². The number of hydrogen-bond acceptors (Lipinski definition) is 1. The van der Waals surface area contributed by atoms with Gasteiger partial charge in [-0.05, 0) is 87.5 Å². The Hall–Kier alpha value is -6.22. The van der Waals surface area contributed by atoms with E-state index in [-0.39, 0.29) is 0 Å². The molecule has 2 heterocycles. The average Bonchev–Trinajstić information content (AvgIpc) is 3.73. The largest absolute Gasteiger partial charge is 0.309 e. The first-order valence-electron chi connectivity index (χ1n) is 17.1. The summed E-state index contributed by atoms with van der Waals surface area (Å²) in [4.78, 5) is 0. The zero-order valence-corrected chi connectivity index (χ0v) is 28.1. The zero-order valence-electron chi connectivity index (χ0n) is 27.3. The Kier molecular flexibility index (Phi) is 6.75. The molecular weight excluding hydrogens is 623 g/mol. The monoisotopic (exact) mass is 653 g/mol. The number of nitrogens with zero attached hydrogens (tertiary/aromatic N) is 1. The van der Waals surface area contributed by atoms with Crippen LogP contribution in [0.3, 0.4) is 0 Å². The van der Waals surface area contributed by atoms with Crippen molar-refractivity contribution in [3.63, 3.8) is 0 Å². The summed E-state index contributed by atoms with van der Waals surface area (Å²) in [5.41, 5.74) is 13.3. The van der Waals surface area contributed by atoms with Crippen LogP contribution in [0.2, 0.25) is 0 Å². The molecule has 0 aliphatic carbocycles. The van der Waals surface area contributed by atoms with Gasteiger partial charge in [-0.2, -0.15) is 0 Å². The van der Waals surface area contributed by atoms with Gasteiger partial charge in [0.15, 0.2) is 0 Å². The van der Waals surface area contributed by atoms with Crippen molar-refractivity contribution in [2.75, 3.05) is 0 Å². The first-order chi connectivity index (χ1) is 24.8. The predicted octanol–water partition coefficient (Wildman–Crippen LogP) is 13.8. The molecule has 1 nitrogen and oxygen atoms in total. The number of para-hydroxylation sites is 1. The summed E-state index contributed by atoms with van der Waals surface area (Å²) in [5, 5.41) is 5.16. The van der Waals surface area contributed by atoms with Crippen LogP contribution in [0.25, 0.3) is 92.2 Å². The van der Waals surface area contributed by atoms with E-state index >= 15 is 0 Å². The Morgan fingerprint density at radius 2 is 0.820 bits per heavy atom. The van der Waals surface area contributed by atoms with E-state index in [0.717, 1.165) is 0 Å². The lowest BCUT2D eigenvalue weighted by Crippen LogP contribution is -1.97. The van der Waals surface area contributed by atoms with Crippen molar-refractivity contribution in [1.82, 2.24) is 4.57 Å². The molecule has 0 aliphatic rings. The molecule has 0 unspecified atom stereocenters. The van der Waals surface area contributed by atoms with E-state index in [1.165, 1.54) is 92.2 Å². The van der Waals surface area contributed by atoms with E-state index in [0.29, 0.717) is 0 Å². The highest BCUT2D eigenvalue weighted by atomic mass is 32.1. The van der Waals surface area contributed by atoms with Crippen molar-refractivity contribution in [3.8, 4) is 50.2 Å². The van der Waals surface area contributed by atoms with Gasteiger partial charge < -0.3 is 4.57 Å². The van der Waals surface area contributed by atoms with Gasteiger partial charge >= 0.3 is 0 Å². The first kappa shape index (κ1) is 28.8. The molecule has 10 rings (SSSR count). The van der Waals surface area contributed by atoms with Crippen LogP contribution in [0.4, 0.5) is 0 Å². The molecule has 2 aromatic heterocycles. The van der Waals surface area contributed by atoms with E-state index in [4.69, 9.17) is 0 Å². The molecule has 50 heavy (non-hydrogen) atoms. The summed E-state index contributed by atoms with van der Waals surface area (Å²) in [6.07, 6.45) is 0. The van der Waals surface area contributed by atoms with Crippen LogP contribution in [0.5, 0.6) is 0 Å². The van der Waals surface area contributed by atoms with Crippen LogP contribution in [-0.2, 0) is 0 Å². The molecule has 0 amide bonds. The van der Waals surface area contributed by atoms with Crippen LogP contribution in [0, 0.1) is 0 Å². The molecule has 8 aromatic carbocycles. The summed E-state index contributed by atoms with van der Waals surface area (Å²) in [7, 11) is 0. The maximum atomic E-state index is 2.46. The maximum absolute atomic E-state index is 2.46. The van der Waals surface area contributed by atoms with Gasteiger partial charge in [-0.3, -0.25) is 0 Å². The van der Waals surface area contributed by atoms with Crippen molar-refractivity contribution in [3.05, 3.63) is 188 Å². The molecule has 0 N–H and O–H groups in total. The zero-order chi connectivity index (χ0) is 33.0. The number of hydrogen-bond donors (Lipinski definition) is 0. The normalized spacial score (nSPS) is 11.6. The van der Waals surface area contributed by atoms with Gasteiger partial charge in [0.1, 0.15) is 0 Å². The van der Waals surface area contributed by atoms with Crippen molar-refractivity contribution >= 4 is 53.3 Å². The summed E-state index contributed by atoms with van der Waals surface area (Å²) >= 11 is 1.87. The quantitative estimate of drug-likeness (QED) is 0.174. The highest BCUT2D eigenvalue weighted by Crippen LogP contribution is 2.41. The van der Waals surface area contributed by atoms with Crippen molar-refractivity contribution < 1.29 is 0 Å². The lowest BCUT2D eigenvalue weighted by atomic mass is 9.97. The number of thiophene rings is 1. The van der Waals surface area contributed by atoms with Gasteiger partial charge in [0.25, 0.3) is 0 Å². The third-order valence-corrected chi connectivity index (χ3v) is 11.1. The van der Waals surface area contributed by atoms with E-state index in [1.54, 1.807) is 0 Å². The van der Waals surface area contributed by atoms with Crippen LogP contribution in [0.1, 0.15) is 0 Å². The molecular formula is C48H31NS. The molecule has 10 aromatic rings. The highest BCUT2D eigenvalue weighted by molar-refractivity contribution is 7.25. The minimum atomic E-state index is 1.17. The standard InChI is InChI=1S/C48H31NS/c1-3-12-32(13-4-1)35-23-26-45-42(29-35)43-30-36(33-14-5-2-6-15-33)24-27-46(43)49(45)44-20-9-7-18-39(44)38-17-11-16-34(28-38)37-22-25-41-40-19-8-10-21-47(40)50-48(41)31-37/h1-31H. The van der Waals surface area contributed by atoms with Crippen molar-refractivity contribution in [2.24, 2.45) is 0 Å². The van der Waals surface area contributed by atoms with E-state index in [9.17, 15) is 0 Å². The third kappa shape index (κ3) is 4.76. The Balaban J connectivity index is 1.15. The second-order valence-corrected chi connectivity index (χ2v) is 14.0. The molecule has 234 valence electrons. The Morgan fingerprint density at radius 3 is 1.54 bits per heavy atom. The lowest BCUT2D eigenvalue weighted by Gasteiger charge is -2.15. The van der Waals surface area contributed by atoms with Gasteiger partial charge in [-0.1, -0.05) is 140 Å². The van der Waals surface area contributed by atoms with E-state index in [2.05, 4.69) is 193 Å². The number of aromatic nitrogens is 1. The lowest BCUT2D eigenvalue weighted by molar-refractivity contribution is 1.18. The van der Waals surface area contributed by atoms with Crippen LogP contribution < -0.4 is 0 Å². The summed E-state index contributed by atoms with van der Waals surface area (Å²) in [5.74, 6) is 0. The maximum Gasteiger partial charge on any atom is 0.0541 e. The van der Waals surface area contributed by atoms with Gasteiger partial charge in [0.2, 0.25) is 0 Å². The van der Waals surface area contributed by atoms with Gasteiger partial charge in [0.05, 0.1) is 16.7 Å². The summed E-state index contributed by atoms with van der Waals surface area (Å²) in [6, 6.07) is 68.7. The average molecular weight is 654 g/mol. The van der Waals surface area contributed by atoms with E-state index in [1.807, 2.05) is 11.3 Å². The van der Waals surface area contributed by atoms with Crippen LogP contribution >= 0.6 is 11.3 Å². The minimum absolute atomic E-state index is 1.17. The molecule has 0 radical (unpaired) electrons. The molecule has 0 aliphatic heterocycles. The molecule has 0 bridgehead atoms. The second-order valence-electron chi connectivity index (χ2n) is 12.9. The second kappa shape index (κ2) is 11.7. The SMILES string of the molecule is c1ccc(-c2ccc3c(c2)c2cc(-c4ccccc4)ccc2n3-c2ccccc2-c2cccc(-c3ccc4c(c3)sc3ccccc34)c2)cc1. The fraction of sp³-hybridized carbons (Fsp3) is 0. The fourth-order valence-corrected chi connectivity index (χ4v) is 8.73. The third-order valence-electron chi connectivity index (χ3n) is 10.0. The van der Waals surface area contributed by atoms with Gasteiger partial charge in [0, 0.05) is 36.5 Å². The Morgan fingerprint density at radius 1 is 0.300 bits per heavy atom. The summed E-state index contributed by atoms with van der Waals surface area (Å²) < 4.78 is 5.12. The number of rotatable bonds is 5. The topological polar surface area (TPSA) is 4.93 Å². The van der Waals surface area contributed by atoms with Crippen molar-refractivity contribution in [1.29, 1.82) is 0 Å². The predicted molar refractivity (Wildman–Crippen MR) is 215 cm³/mol. The number of benzene rings is 8. The molecule has 0 saturated heterocycles. The molecule has 0 spiro atoms. The fourth-order valence-electron chi connectivity index (χ4n) is 7.59. The molecule has 0 fully saturated rings. The van der Waals surface area contributed by atoms with Gasteiger partial charge in [-0.25, -0.2) is 0 Å². The molecule has 0 saturated carbocycles. The van der Waals surface area contributed by atoms with Crippen molar-refractivity contribution in [2.45, 2.75) is 0 Å². The molecule has 0 atom stereocenters. The molecule has 2 heteroatoms. The smallest absolute Gasteiger partial charge is 0.0541 e. The Bertz CT molecular complexity index is 2760. The van der Waals surface area contributed by atoms with Crippen LogP contribution in [-0.4, -0.2) is 4.57 Å². The summed E-state index contributed by atoms with van der Waals surface area (Å²) in [6.45, 7) is 0. The first-order valence-corrected chi connectivity index (χ1v) is 17.9. The highest BCUT2D eigenvalue weighted by Gasteiger charge is 2.18. The van der Waals surface area contributed by atoms with Crippen LogP contribution in [0.15, 0.2) is 188 Å².